The molecule has 0 spiro atoms. The van der Waals surface area contributed by atoms with Crippen molar-refractivity contribution in [2.45, 2.75) is 32.0 Å². The first-order chi connectivity index (χ1) is 13.4. The van der Waals surface area contributed by atoms with Gasteiger partial charge in [-0.15, -0.1) is 10.2 Å². The van der Waals surface area contributed by atoms with Crippen LogP contribution in [0.4, 0.5) is 19.0 Å². The van der Waals surface area contributed by atoms with Gasteiger partial charge in [-0.25, -0.2) is 0 Å². The highest BCUT2D eigenvalue weighted by molar-refractivity contribution is 5.71. The maximum Gasteiger partial charge on any atom is 0.417 e. The van der Waals surface area contributed by atoms with Gasteiger partial charge in [0.2, 0.25) is 0 Å². The van der Waals surface area contributed by atoms with Crippen molar-refractivity contribution in [3.63, 3.8) is 0 Å². The first-order valence-corrected chi connectivity index (χ1v) is 9.60. The van der Waals surface area contributed by atoms with Crippen LogP contribution in [0.3, 0.4) is 0 Å². The SMILES string of the molecule is CCN1CCC2CCN(c3ccc(-c4c(O)cccc4C(F)(F)F)nn3)C2C1. The van der Waals surface area contributed by atoms with E-state index in [-0.39, 0.29) is 11.3 Å². The van der Waals surface area contributed by atoms with Gasteiger partial charge in [0.1, 0.15) is 5.75 Å². The fourth-order valence-corrected chi connectivity index (χ4v) is 4.44. The molecule has 0 amide bonds. The molecule has 5 nitrogen and oxygen atoms in total. The molecule has 1 aromatic heterocycles. The molecule has 0 saturated carbocycles. The van der Waals surface area contributed by atoms with Gasteiger partial charge in [-0.3, -0.25) is 0 Å². The minimum Gasteiger partial charge on any atom is -0.507 e. The van der Waals surface area contributed by atoms with Crippen molar-refractivity contribution in [3.8, 4) is 17.0 Å². The van der Waals surface area contributed by atoms with E-state index in [1.165, 1.54) is 18.2 Å². The number of anilines is 1. The lowest BCUT2D eigenvalue weighted by atomic mass is 9.92. The van der Waals surface area contributed by atoms with Gasteiger partial charge in [0, 0.05) is 19.1 Å². The van der Waals surface area contributed by atoms with Crippen LogP contribution in [0.15, 0.2) is 30.3 Å². The van der Waals surface area contributed by atoms with Gasteiger partial charge in [0.25, 0.3) is 0 Å². The summed E-state index contributed by atoms with van der Waals surface area (Å²) in [4.78, 5) is 4.64. The quantitative estimate of drug-likeness (QED) is 0.861. The number of rotatable bonds is 3. The summed E-state index contributed by atoms with van der Waals surface area (Å²) >= 11 is 0. The normalized spacial score (nSPS) is 23.1. The molecule has 2 aromatic rings. The zero-order chi connectivity index (χ0) is 19.9. The number of phenols is 1. The number of likely N-dealkylation sites (tertiary alicyclic amines) is 1. The Morgan fingerprint density at radius 2 is 1.89 bits per heavy atom. The summed E-state index contributed by atoms with van der Waals surface area (Å²) < 4.78 is 40.0. The monoisotopic (exact) mass is 392 g/mol. The van der Waals surface area contributed by atoms with E-state index in [9.17, 15) is 18.3 Å². The Balaban J connectivity index is 1.62. The van der Waals surface area contributed by atoms with Crippen molar-refractivity contribution >= 4 is 5.82 Å². The Morgan fingerprint density at radius 1 is 1.11 bits per heavy atom. The summed E-state index contributed by atoms with van der Waals surface area (Å²) in [6, 6.07) is 6.94. The zero-order valence-electron chi connectivity index (χ0n) is 15.7. The van der Waals surface area contributed by atoms with Gasteiger partial charge in [-0.2, -0.15) is 13.2 Å². The Morgan fingerprint density at radius 3 is 2.57 bits per heavy atom. The molecule has 0 bridgehead atoms. The summed E-state index contributed by atoms with van der Waals surface area (Å²) in [5.74, 6) is 0.849. The smallest absolute Gasteiger partial charge is 0.417 e. The van der Waals surface area contributed by atoms with E-state index in [0.29, 0.717) is 17.8 Å². The molecule has 2 aliphatic heterocycles. The third kappa shape index (κ3) is 3.41. The van der Waals surface area contributed by atoms with E-state index in [4.69, 9.17) is 0 Å². The summed E-state index contributed by atoms with van der Waals surface area (Å²) in [7, 11) is 0. The fourth-order valence-electron chi connectivity index (χ4n) is 4.44. The number of aromatic nitrogens is 2. The van der Waals surface area contributed by atoms with Crippen LogP contribution in [0.25, 0.3) is 11.3 Å². The van der Waals surface area contributed by atoms with Crippen LogP contribution in [0, 0.1) is 5.92 Å². The molecule has 0 radical (unpaired) electrons. The largest absolute Gasteiger partial charge is 0.507 e. The molecular weight excluding hydrogens is 369 g/mol. The van der Waals surface area contributed by atoms with Crippen molar-refractivity contribution in [2.75, 3.05) is 31.1 Å². The maximum absolute atomic E-state index is 13.3. The molecule has 1 aromatic carbocycles. The summed E-state index contributed by atoms with van der Waals surface area (Å²) in [5.41, 5.74) is -1.23. The average Bonchev–Trinajstić information content (AvgIpc) is 3.10. The van der Waals surface area contributed by atoms with Gasteiger partial charge in [0.05, 0.1) is 16.8 Å². The van der Waals surface area contributed by atoms with Crippen molar-refractivity contribution in [3.05, 3.63) is 35.9 Å². The van der Waals surface area contributed by atoms with Crippen LogP contribution in [0.5, 0.6) is 5.75 Å². The van der Waals surface area contributed by atoms with Crippen LogP contribution < -0.4 is 4.90 Å². The van der Waals surface area contributed by atoms with Crippen LogP contribution in [0.2, 0.25) is 0 Å². The lowest BCUT2D eigenvalue weighted by Crippen LogP contribution is -2.48. The Hall–Kier alpha value is -2.35. The van der Waals surface area contributed by atoms with E-state index >= 15 is 0 Å². The highest BCUT2D eigenvalue weighted by Gasteiger charge is 2.39. The molecule has 2 atom stereocenters. The number of hydrogen-bond donors (Lipinski definition) is 1. The van der Waals surface area contributed by atoms with E-state index in [1.54, 1.807) is 6.07 Å². The van der Waals surface area contributed by atoms with Crippen LogP contribution in [-0.2, 0) is 6.18 Å². The molecule has 8 heteroatoms. The molecule has 0 aliphatic carbocycles. The number of alkyl halides is 3. The van der Waals surface area contributed by atoms with Crippen molar-refractivity contribution in [1.82, 2.24) is 15.1 Å². The summed E-state index contributed by atoms with van der Waals surface area (Å²) in [6.07, 6.45) is -2.32. The molecule has 28 heavy (non-hydrogen) atoms. The Bertz CT molecular complexity index is 840. The van der Waals surface area contributed by atoms with Gasteiger partial charge in [-0.05, 0) is 56.1 Å². The number of halogens is 3. The van der Waals surface area contributed by atoms with Gasteiger partial charge in [0.15, 0.2) is 5.82 Å². The number of benzene rings is 1. The highest BCUT2D eigenvalue weighted by Crippen LogP contribution is 2.41. The second-order valence-electron chi connectivity index (χ2n) is 7.47. The standard InChI is InChI=1S/C20H23F3N4O/c1-2-26-10-8-13-9-11-27(16(13)12-26)18-7-6-15(24-25-18)19-14(20(21,22)23)4-3-5-17(19)28/h3-7,13,16,28H,2,8-12H2,1H3. The molecule has 1 N–H and O–H groups in total. The number of likely N-dealkylation sites (N-methyl/N-ethyl adjacent to an activating group) is 1. The molecule has 3 heterocycles. The van der Waals surface area contributed by atoms with Gasteiger partial charge in [-0.1, -0.05) is 13.0 Å². The summed E-state index contributed by atoms with van der Waals surface area (Å²) in [5, 5.41) is 18.3. The molecule has 2 unspecified atom stereocenters. The zero-order valence-corrected chi connectivity index (χ0v) is 15.7. The Kier molecular flexibility index (Phi) is 4.91. The predicted molar refractivity (Wildman–Crippen MR) is 100 cm³/mol. The molecule has 150 valence electrons. The third-order valence-corrected chi connectivity index (χ3v) is 5.94. The lowest BCUT2D eigenvalue weighted by molar-refractivity contribution is -0.137. The number of nitrogens with zero attached hydrogens (tertiary/aromatic N) is 4. The second kappa shape index (κ2) is 7.24. The highest BCUT2D eigenvalue weighted by atomic mass is 19.4. The number of hydrogen-bond acceptors (Lipinski definition) is 5. The van der Waals surface area contributed by atoms with Crippen LogP contribution in [0.1, 0.15) is 25.3 Å². The molecule has 2 aliphatic rings. The van der Waals surface area contributed by atoms with Gasteiger partial charge >= 0.3 is 6.18 Å². The Labute approximate surface area is 161 Å². The molecule has 2 fully saturated rings. The van der Waals surface area contributed by atoms with Crippen LogP contribution in [-0.4, -0.2) is 52.4 Å². The molecule has 4 rings (SSSR count). The number of aromatic hydroxyl groups is 1. The number of phenolic OH excluding ortho intramolecular Hbond substituents is 1. The van der Waals surface area contributed by atoms with E-state index in [1.807, 2.05) is 0 Å². The fraction of sp³-hybridized carbons (Fsp3) is 0.500. The first kappa shape index (κ1) is 19.0. The van der Waals surface area contributed by atoms with Crippen molar-refractivity contribution < 1.29 is 18.3 Å². The maximum atomic E-state index is 13.3. The van der Waals surface area contributed by atoms with E-state index < -0.39 is 17.5 Å². The van der Waals surface area contributed by atoms with E-state index in [0.717, 1.165) is 45.1 Å². The minimum atomic E-state index is -4.58. The van der Waals surface area contributed by atoms with Gasteiger partial charge < -0.3 is 14.9 Å². The lowest BCUT2D eigenvalue weighted by Gasteiger charge is -2.38. The second-order valence-corrected chi connectivity index (χ2v) is 7.47. The van der Waals surface area contributed by atoms with Crippen molar-refractivity contribution in [1.29, 1.82) is 0 Å². The number of piperidine rings is 1. The number of fused-ring (bicyclic) bond motifs is 1. The average molecular weight is 392 g/mol. The van der Waals surface area contributed by atoms with Crippen molar-refractivity contribution in [2.24, 2.45) is 5.92 Å². The predicted octanol–water partition coefficient (Wildman–Crippen LogP) is 3.79. The minimum absolute atomic E-state index is 0.0174. The summed E-state index contributed by atoms with van der Waals surface area (Å²) in [6.45, 7) is 6.13. The topological polar surface area (TPSA) is 52.5 Å². The third-order valence-electron chi connectivity index (χ3n) is 5.94. The molecular formula is C20H23F3N4O. The van der Waals surface area contributed by atoms with E-state index in [2.05, 4.69) is 26.9 Å². The molecule has 2 saturated heterocycles. The first-order valence-electron chi connectivity index (χ1n) is 9.60. The van der Waals surface area contributed by atoms with Crippen LogP contribution >= 0.6 is 0 Å².